The average Bonchev–Trinajstić information content (AvgIpc) is 2.74. The van der Waals surface area contributed by atoms with Gasteiger partial charge in [-0.3, -0.25) is 9.78 Å². The number of rotatable bonds is 4. The van der Waals surface area contributed by atoms with Crippen LogP contribution in [-0.4, -0.2) is 10.9 Å². The minimum Gasteiger partial charge on any atom is -0.322 e. The summed E-state index contributed by atoms with van der Waals surface area (Å²) in [5.74, 6) is 0.310. The van der Waals surface area contributed by atoms with E-state index in [-0.39, 0.29) is 5.91 Å². The minimum absolute atomic E-state index is 0.158. The summed E-state index contributed by atoms with van der Waals surface area (Å²) in [6.45, 7) is 4.30. The Balaban J connectivity index is 1.55. The van der Waals surface area contributed by atoms with Gasteiger partial charge in [-0.25, -0.2) is 0 Å². The van der Waals surface area contributed by atoms with Gasteiger partial charge in [0.1, 0.15) is 0 Å². The highest BCUT2D eigenvalue weighted by Crippen LogP contribution is 2.27. The molecule has 0 atom stereocenters. The zero-order valence-electron chi connectivity index (χ0n) is 16.0. The lowest BCUT2D eigenvalue weighted by molar-refractivity contribution is 0.102. The Kier molecular flexibility index (Phi) is 4.90. The van der Waals surface area contributed by atoms with Crippen molar-refractivity contribution in [1.82, 2.24) is 4.98 Å². The molecule has 1 amide bonds. The number of carbonyl (C=O) groups excluding carboxylic acids is 1. The quantitative estimate of drug-likeness (QED) is 0.462. The second kappa shape index (κ2) is 7.65. The van der Waals surface area contributed by atoms with Crippen molar-refractivity contribution in [3.63, 3.8) is 0 Å². The molecule has 0 aliphatic rings. The van der Waals surface area contributed by atoms with Crippen LogP contribution in [0.5, 0.6) is 0 Å². The molecule has 1 aromatic heterocycles. The highest BCUT2D eigenvalue weighted by molar-refractivity contribution is 6.04. The van der Waals surface area contributed by atoms with Crippen LogP contribution in [0.25, 0.3) is 22.0 Å². The van der Waals surface area contributed by atoms with E-state index < -0.39 is 0 Å². The number of fused-ring (bicyclic) bond motifs is 1. The molecule has 4 aromatic rings. The van der Waals surface area contributed by atoms with E-state index in [0.717, 1.165) is 22.3 Å². The average molecular weight is 366 g/mol. The van der Waals surface area contributed by atoms with Gasteiger partial charge in [0.05, 0.1) is 11.3 Å². The van der Waals surface area contributed by atoms with E-state index in [2.05, 4.69) is 48.4 Å². The number of nitrogens with zero attached hydrogens (tertiary/aromatic N) is 1. The second-order valence-corrected chi connectivity index (χ2v) is 7.19. The predicted molar refractivity (Wildman–Crippen MR) is 116 cm³/mol. The molecule has 28 heavy (non-hydrogen) atoms. The van der Waals surface area contributed by atoms with Crippen molar-refractivity contribution >= 4 is 22.4 Å². The highest BCUT2D eigenvalue weighted by Gasteiger charge is 2.09. The van der Waals surface area contributed by atoms with Crippen LogP contribution in [0.2, 0.25) is 0 Å². The predicted octanol–water partition coefficient (Wildman–Crippen LogP) is 6.28. The molecule has 0 radical (unpaired) electrons. The first-order chi connectivity index (χ1) is 13.6. The van der Waals surface area contributed by atoms with Gasteiger partial charge in [-0.05, 0) is 46.5 Å². The third-order valence-corrected chi connectivity index (χ3v) is 4.93. The van der Waals surface area contributed by atoms with E-state index in [9.17, 15) is 4.79 Å². The topological polar surface area (TPSA) is 42.0 Å². The van der Waals surface area contributed by atoms with Gasteiger partial charge in [0.15, 0.2) is 0 Å². The maximum Gasteiger partial charge on any atom is 0.257 e. The van der Waals surface area contributed by atoms with Crippen molar-refractivity contribution in [3.05, 3.63) is 96.2 Å². The SMILES string of the molecule is CC(C)c1ccc(NC(=O)c2ccc(-c3cccc4ccccc34)nc2)cc1. The fourth-order valence-corrected chi connectivity index (χ4v) is 3.29. The zero-order valence-corrected chi connectivity index (χ0v) is 16.0. The van der Waals surface area contributed by atoms with Crippen molar-refractivity contribution in [2.75, 3.05) is 5.32 Å². The Morgan fingerprint density at radius 1 is 0.857 bits per heavy atom. The molecule has 1 N–H and O–H groups in total. The molecule has 3 nitrogen and oxygen atoms in total. The molecule has 4 rings (SSSR count). The monoisotopic (exact) mass is 366 g/mol. The molecule has 0 unspecified atom stereocenters. The molecule has 0 saturated carbocycles. The van der Waals surface area contributed by atoms with Crippen molar-refractivity contribution in [3.8, 4) is 11.3 Å². The van der Waals surface area contributed by atoms with Crippen molar-refractivity contribution in [2.45, 2.75) is 19.8 Å². The standard InChI is InChI=1S/C25H22N2O/c1-17(2)18-10-13-21(14-11-18)27-25(28)20-12-15-24(26-16-20)23-9-5-7-19-6-3-4-8-22(19)23/h3-17H,1-2H3,(H,27,28). The van der Waals surface area contributed by atoms with E-state index in [1.54, 1.807) is 6.20 Å². The van der Waals surface area contributed by atoms with Crippen LogP contribution in [0, 0.1) is 0 Å². The maximum absolute atomic E-state index is 12.5. The summed E-state index contributed by atoms with van der Waals surface area (Å²) >= 11 is 0. The molecule has 3 aromatic carbocycles. The number of amides is 1. The second-order valence-electron chi connectivity index (χ2n) is 7.19. The molecule has 0 aliphatic heterocycles. The number of hydrogen-bond acceptors (Lipinski definition) is 2. The first-order valence-corrected chi connectivity index (χ1v) is 9.47. The lowest BCUT2D eigenvalue weighted by Crippen LogP contribution is -2.12. The fourth-order valence-electron chi connectivity index (χ4n) is 3.29. The number of hydrogen-bond donors (Lipinski definition) is 1. The summed E-state index contributed by atoms with van der Waals surface area (Å²) in [6.07, 6.45) is 1.63. The molecule has 0 fully saturated rings. The lowest BCUT2D eigenvalue weighted by Gasteiger charge is -2.09. The number of nitrogens with one attached hydrogen (secondary N) is 1. The first-order valence-electron chi connectivity index (χ1n) is 9.47. The summed E-state index contributed by atoms with van der Waals surface area (Å²) in [5, 5.41) is 5.26. The van der Waals surface area contributed by atoms with Gasteiger partial charge in [-0.2, -0.15) is 0 Å². The van der Waals surface area contributed by atoms with Crippen molar-refractivity contribution < 1.29 is 4.79 Å². The number of benzene rings is 3. The molecular weight excluding hydrogens is 344 g/mol. The zero-order chi connectivity index (χ0) is 19.5. The van der Waals surface area contributed by atoms with Crippen LogP contribution < -0.4 is 5.32 Å². The largest absolute Gasteiger partial charge is 0.322 e. The summed E-state index contributed by atoms with van der Waals surface area (Å²) in [7, 11) is 0. The highest BCUT2D eigenvalue weighted by atomic mass is 16.1. The molecule has 0 saturated heterocycles. The third-order valence-electron chi connectivity index (χ3n) is 4.93. The first kappa shape index (κ1) is 17.9. The van der Waals surface area contributed by atoms with Gasteiger partial charge in [-0.15, -0.1) is 0 Å². The number of anilines is 1. The van der Waals surface area contributed by atoms with Gasteiger partial charge in [0, 0.05) is 17.4 Å². The molecular formula is C25H22N2O. The minimum atomic E-state index is -0.158. The fraction of sp³-hybridized carbons (Fsp3) is 0.120. The Morgan fingerprint density at radius 2 is 1.61 bits per heavy atom. The van der Waals surface area contributed by atoms with E-state index >= 15 is 0 Å². The van der Waals surface area contributed by atoms with Crippen molar-refractivity contribution in [1.29, 1.82) is 0 Å². The smallest absolute Gasteiger partial charge is 0.257 e. The van der Waals surface area contributed by atoms with Gasteiger partial charge >= 0.3 is 0 Å². The van der Waals surface area contributed by atoms with E-state index in [1.807, 2.05) is 54.6 Å². The van der Waals surface area contributed by atoms with Gasteiger partial charge in [0.25, 0.3) is 5.91 Å². The van der Waals surface area contributed by atoms with Crippen LogP contribution in [0.4, 0.5) is 5.69 Å². The molecule has 1 heterocycles. The van der Waals surface area contributed by atoms with Crippen LogP contribution in [0.1, 0.15) is 35.7 Å². The van der Waals surface area contributed by atoms with Crippen LogP contribution in [0.3, 0.4) is 0 Å². The number of carbonyl (C=O) groups is 1. The Labute approximate surface area is 165 Å². The third kappa shape index (κ3) is 3.65. The molecule has 0 bridgehead atoms. The summed E-state index contributed by atoms with van der Waals surface area (Å²) in [5.41, 5.74) is 4.49. The van der Waals surface area contributed by atoms with E-state index in [1.165, 1.54) is 10.9 Å². The van der Waals surface area contributed by atoms with E-state index in [4.69, 9.17) is 0 Å². The summed E-state index contributed by atoms with van der Waals surface area (Å²) in [4.78, 5) is 17.1. The number of pyridine rings is 1. The van der Waals surface area contributed by atoms with Crippen molar-refractivity contribution in [2.24, 2.45) is 0 Å². The Hall–Kier alpha value is -3.46. The molecule has 3 heteroatoms. The van der Waals surface area contributed by atoms with Crippen LogP contribution in [0.15, 0.2) is 85.1 Å². The lowest BCUT2D eigenvalue weighted by atomic mass is 10.0. The maximum atomic E-state index is 12.5. The van der Waals surface area contributed by atoms with Crippen LogP contribution >= 0.6 is 0 Å². The van der Waals surface area contributed by atoms with E-state index in [0.29, 0.717) is 11.5 Å². The van der Waals surface area contributed by atoms with Gasteiger partial charge < -0.3 is 5.32 Å². The number of aromatic nitrogens is 1. The van der Waals surface area contributed by atoms with Gasteiger partial charge in [-0.1, -0.05) is 68.4 Å². The molecule has 0 spiro atoms. The van der Waals surface area contributed by atoms with Crippen LogP contribution in [-0.2, 0) is 0 Å². The summed E-state index contributed by atoms with van der Waals surface area (Å²) < 4.78 is 0. The summed E-state index contributed by atoms with van der Waals surface area (Å²) in [6, 6.07) is 26.1. The van der Waals surface area contributed by atoms with Gasteiger partial charge in [0.2, 0.25) is 0 Å². The molecule has 138 valence electrons. The molecule has 0 aliphatic carbocycles. The Bertz CT molecular complexity index is 1110. The Morgan fingerprint density at radius 3 is 2.32 bits per heavy atom. The normalized spacial score (nSPS) is 11.0.